The van der Waals surface area contributed by atoms with Crippen LogP contribution < -0.4 is 5.32 Å². The molecular formula is C13H24N2OS. The number of thioether (sulfide) groups is 1. The average molecular weight is 256 g/mol. The van der Waals surface area contributed by atoms with E-state index in [1.54, 1.807) is 0 Å². The lowest BCUT2D eigenvalue weighted by atomic mass is 10.1. The van der Waals surface area contributed by atoms with Gasteiger partial charge < -0.3 is 10.1 Å². The largest absolute Gasteiger partial charge is 0.378 e. The van der Waals surface area contributed by atoms with Gasteiger partial charge in [-0.1, -0.05) is 25.6 Å². The van der Waals surface area contributed by atoms with Crippen molar-refractivity contribution in [3.63, 3.8) is 0 Å². The van der Waals surface area contributed by atoms with E-state index in [1.165, 1.54) is 19.3 Å². The van der Waals surface area contributed by atoms with Crippen LogP contribution in [0.1, 0.15) is 39.5 Å². The van der Waals surface area contributed by atoms with Gasteiger partial charge in [-0.25, -0.2) is 0 Å². The van der Waals surface area contributed by atoms with Crippen molar-refractivity contribution in [2.75, 3.05) is 19.7 Å². The Bertz CT molecular complexity index is 262. The average Bonchev–Trinajstić information content (AvgIpc) is 2.79. The van der Waals surface area contributed by atoms with Gasteiger partial charge in [0.15, 0.2) is 5.17 Å². The van der Waals surface area contributed by atoms with Crippen LogP contribution in [0.3, 0.4) is 0 Å². The number of ether oxygens (including phenoxy) is 1. The lowest BCUT2D eigenvalue weighted by molar-refractivity contribution is 0.0122. The van der Waals surface area contributed by atoms with E-state index in [9.17, 15) is 0 Å². The number of amidine groups is 1. The molecule has 2 unspecified atom stereocenters. The molecule has 0 spiro atoms. The first kappa shape index (κ1) is 13.2. The molecule has 17 heavy (non-hydrogen) atoms. The van der Waals surface area contributed by atoms with Gasteiger partial charge >= 0.3 is 0 Å². The normalized spacial score (nSPS) is 29.5. The first-order valence-electron chi connectivity index (χ1n) is 6.82. The van der Waals surface area contributed by atoms with E-state index in [-0.39, 0.29) is 0 Å². The number of aliphatic imine (C=N–C) groups is 1. The van der Waals surface area contributed by atoms with Crippen molar-refractivity contribution in [3.05, 3.63) is 0 Å². The minimum Gasteiger partial charge on any atom is -0.378 e. The summed E-state index contributed by atoms with van der Waals surface area (Å²) in [5.41, 5.74) is 0. The molecule has 2 heterocycles. The summed E-state index contributed by atoms with van der Waals surface area (Å²) in [4.78, 5) is 4.55. The highest BCUT2D eigenvalue weighted by atomic mass is 32.2. The molecule has 0 aliphatic carbocycles. The summed E-state index contributed by atoms with van der Waals surface area (Å²) in [6.45, 7) is 7.47. The third kappa shape index (κ3) is 4.18. The van der Waals surface area contributed by atoms with Gasteiger partial charge in [0.05, 0.1) is 12.6 Å². The Labute approximate surface area is 109 Å². The second-order valence-electron chi connectivity index (χ2n) is 5.25. The Kier molecular flexibility index (Phi) is 5.16. The molecule has 0 aromatic heterocycles. The van der Waals surface area contributed by atoms with Gasteiger partial charge in [-0.05, 0) is 31.6 Å². The van der Waals surface area contributed by atoms with Crippen LogP contribution in [0.15, 0.2) is 4.99 Å². The van der Waals surface area contributed by atoms with Crippen LogP contribution in [0.5, 0.6) is 0 Å². The zero-order valence-corrected chi connectivity index (χ0v) is 11.8. The van der Waals surface area contributed by atoms with Gasteiger partial charge in [0.1, 0.15) is 0 Å². The van der Waals surface area contributed by atoms with Gasteiger partial charge in [0.25, 0.3) is 0 Å². The number of hydrogen-bond acceptors (Lipinski definition) is 4. The van der Waals surface area contributed by atoms with Gasteiger partial charge in [0, 0.05) is 18.4 Å². The molecular weight excluding hydrogens is 232 g/mol. The highest BCUT2D eigenvalue weighted by Crippen LogP contribution is 2.25. The maximum Gasteiger partial charge on any atom is 0.156 e. The molecule has 2 atom stereocenters. The van der Waals surface area contributed by atoms with Crippen LogP contribution >= 0.6 is 11.8 Å². The van der Waals surface area contributed by atoms with Crippen molar-refractivity contribution in [2.45, 2.75) is 50.9 Å². The molecule has 0 radical (unpaired) electrons. The first-order valence-corrected chi connectivity index (χ1v) is 7.70. The molecule has 2 rings (SSSR count). The van der Waals surface area contributed by atoms with Crippen LogP contribution in [0.2, 0.25) is 0 Å². The molecule has 0 amide bonds. The molecule has 0 bridgehead atoms. The Hall–Kier alpha value is -0.220. The fraction of sp³-hybridized carbons (Fsp3) is 0.923. The van der Waals surface area contributed by atoms with E-state index in [0.717, 1.165) is 31.3 Å². The van der Waals surface area contributed by atoms with E-state index < -0.39 is 0 Å². The van der Waals surface area contributed by atoms with Crippen LogP contribution in [0, 0.1) is 5.92 Å². The van der Waals surface area contributed by atoms with Crippen molar-refractivity contribution in [1.29, 1.82) is 0 Å². The molecule has 2 aliphatic heterocycles. The Morgan fingerprint density at radius 1 is 1.47 bits per heavy atom. The molecule has 1 saturated heterocycles. The number of nitrogens with zero attached hydrogens (tertiary/aromatic N) is 1. The second-order valence-corrected chi connectivity index (χ2v) is 6.48. The molecule has 98 valence electrons. The number of rotatable bonds is 4. The third-order valence-electron chi connectivity index (χ3n) is 3.44. The van der Waals surface area contributed by atoms with Crippen molar-refractivity contribution in [1.82, 2.24) is 5.32 Å². The fourth-order valence-electron chi connectivity index (χ4n) is 2.21. The topological polar surface area (TPSA) is 33.6 Å². The van der Waals surface area contributed by atoms with Gasteiger partial charge in [-0.15, -0.1) is 0 Å². The quantitative estimate of drug-likeness (QED) is 0.839. The van der Waals surface area contributed by atoms with Crippen molar-refractivity contribution in [2.24, 2.45) is 10.9 Å². The predicted molar refractivity (Wildman–Crippen MR) is 74.7 cm³/mol. The Morgan fingerprint density at radius 3 is 3.00 bits per heavy atom. The van der Waals surface area contributed by atoms with Crippen LogP contribution in [-0.4, -0.2) is 36.2 Å². The van der Waals surface area contributed by atoms with Crippen molar-refractivity contribution in [3.8, 4) is 0 Å². The predicted octanol–water partition coefficient (Wildman–Crippen LogP) is 2.66. The van der Waals surface area contributed by atoms with E-state index in [4.69, 9.17) is 4.74 Å². The van der Waals surface area contributed by atoms with Gasteiger partial charge in [-0.3, -0.25) is 4.99 Å². The Balaban J connectivity index is 1.59. The smallest absolute Gasteiger partial charge is 0.156 e. The van der Waals surface area contributed by atoms with Crippen LogP contribution in [-0.2, 0) is 4.74 Å². The maximum atomic E-state index is 5.72. The van der Waals surface area contributed by atoms with Crippen molar-refractivity contribution < 1.29 is 4.74 Å². The molecule has 0 aromatic carbocycles. The van der Waals surface area contributed by atoms with E-state index >= 15 is 0 Å². The van der Waals surface area contributed by atoms with Crippen LogP contribution in [0.25, 0.3) is 0 Å². The summed E-state index contributed by atoms with van der Waals surface area (Å²) < 4.78 is 5.72. The van der Waals surface area contributed by atoms with E-state index in [0.29, 0.717) is 17.3 Å². The lowest BCUT2D eigenvalue weighted by Gasteiger charge is -2.22. The SMILES string of the molecule is CC(C)C1CN=C(NCCC2CCCCO2)S1. The summed E-state index contributed by atoms with van der Waals surface area (Å²) in [6.07, 6.45) is 5.39. The Morgan fingerprint density at radius 2 is 2.35 bits per heavy atom. The summed E-state index contributed by atoms with van der Waals surface area (Å²) in [7, 11) is 0. The highest BCUT2D eigenvalue weighted by molar-refractivity contribution is 8.14. The van der Waals surface area contributed by atoms with E-state index in [2.05, 4.69) is 24.2 Å². The number of hydrogen-bond donors (Lipinski definition) is 1. The molecule has 0 saturated carbocycles. The van der Waals surface area contributed by atoms with Gasteiger partial charge in [-0.2, -0.15) is 0 Å². The minimum absolute atomic E-state index is 0.476. The lowest BCUT2D eigenvalue weighted by Crippen LogP contribution is -2.27. The monoisotopic (exact) mass is 256 g/mol. The molecule has 2 aliphatic rings. The summed E-state index contributed by atoms with van der Waals surface area (Å²) in [5, 5.41) is 5.25. The third-order valence-corrected chi connectivity index (χ3v) is 4.93. The van der Waals surface area contributed by atoms with E-state index in [1.807, 2.05) is 11.8 Å². The maximum absolute atomic E-state index is 5.72. The summed E-state index contributed by atoms with van der Waals surface area (Å²) in [5.74, 6) is 0.713. The summed E-state index contributed by atoms with van der Waals surface area (Å²) in [6, 6.07) is 0. The molecule has 4 heteroatoms. The zero-order chi connectivity index (χ0) is 12.1. The summed E-state index contributed by atoms with van der Waals surface area (Å²) >= 11 is 1.90. The van der Waals surface area contributed by atoms with Gasteiger partial charge in [0.2, 0.25) is 0 Å². The fourth-order valence-corrected chi connectivity index (χ4v) is 3.25. The zero-order valence-electron chi connectivity index (χ0n) is 10.9. The highest BCUT2D eigenvalue weighted by Gasteiger charge is 2.22. The number of nitrogens with one attached hydrogen (secondary N) is 1. The second kappa shape index (κ2) is 6.64. The van der Waals surface area contributed by atoms with Crippen molar-refractivity contribution >= 4 is 16.9 Å². The van der Waals surface area contributed by atoms with Crippen LogP contribution in [0.4, 0.5) is 0 Å². The minimum atomic E-state index is 0.476. The first-order chi connectivity index (χ1) is 8.25. The molecule has 1 N–H and O–H groups in total. The molecule has 0 aromatic rings. The standard InChI is InChI=1S/C13H24N2OS/c1-10(2)12-9-15-13(17-12)14-7-6-11-5-3-4-8-16-11/h10-12H,3-9H2,1-2H3,(H,14,15). The molecule has 3 nitrogen and oxygen atoms in total. The molecule has 1 fully saturated rings.